The molecule has 2 amide bonds. The molecule has 246 valence electrons. The molecule has 1 saturated heterocycles. The van der Waals surface area contributed by atoms with E-state index in [9.17, 15) is 22.8 Å². The molecule has 9 nitrogen and oxygen atoms in total. The Morgan fingerprint density at radius 1 is 1.15 bits per heavy atom. The molecule has 1 fully saturated rings. The molecule has 0 aliphatic carbocycles. The molecule has 2 aliphatic rings. The molecule has 1 aromatic carbocycles. The summed E-state index contributed by atoms with van der Waals surface area (Å²) < 4.78 is 68.8. The zero-order valence-electron chi connectivity index (χ0n) is 26.1. The number of aromatic nitrogens is 1. The molecule has 0 bridgehead atoms. The van der Waals surface area contributed by atoms with Crippen LogP contribution in [0.4, 0.5) is 33.7 Å². The summed E-state index contributed by atoms with van der Waals surface area (Å²) in [5.74, 6) is 6.14. The lowest BCUT2D eigenvalue weighted by atomic mass is 10.0. The number of anilines is 2. The number of alkyl halides is 4. The third kappa shape index (κ3) is 7.43. The van der Waals surface area contributed by atoms with Crippen molar-refractivity contribution < 1.29 is 36.6 Å². The Balaban J connectivity index is 1.35. The van der Waals surface area contributed by atoms with Crippen molar-refractivity contribution in [3.05, 3.63) is 58.9 Å². The van der Waals surface area contributed by atoms with Crippen molar-refractivity contribution in [1.82, 2.24) is 14.6 Å². The predicted molar refractivity (Wildman–Crippen MR) is 166 cm³/mol. The Morgan fingerprint density at radius 2 is 1.93 bits per heavy atom. The molecule has 3 aromatic rings. The number of piperidine rings is 1. The monoisotopic (exact) mass is 643 g/mol. The molecule has 0 saturated carbocycles. The number of carbonyl (C=O) groups is 2. The highest BCUT2D eigenvalue weighted by molar-refractivity contribution is 5.97. The van der Waals surface area contributed by atoms with E-state index in [4.69, 9.17) is 9.47 Å². The largest absolute Gasteiger partial charge is 0.491 e. The molecule has 2 atom stereocenters. The summed E-state index contributed by atoms with van der Waals surface area (Å²) >= 11 is 0. The van der Waals surface area contributed by atoms with Crippen LogP contribution in [-0.4, -0.2) is 78.6 Å². The number of nitrogens with zero attached hydrogens (tertiary/aromatic N) is 2. The Kier molecular flexibility index (Phi) is 9.28. The predicted octanol–water partition coefficient (Wildman–Crippen LogP) is 5.56. The number of likely N-dealkylation sites (tertiary alicyclic amines) is 1. The first-order valence-corrected chi connectivity index (χ1v) is 15.1. The Hall–Kier alpha value is -4.60. The first-order chi connectivity index (χ1) is 21.7. The quantitative estimate of drug-likeness (QED) is 0.241. The lowest BCUT2D eigenvalue weighted by Gasteiger charge is -2.36. The van der Waals surface area contributed by atoms with Gasteiger partial charge in [-0.2, -0.15) is 13.2 Å². The van der Waals surface area contributed by atoms with Crippen molar-refractivity contribution in [2.24, 2.45) is 0 Å². The molecule has 0 spiro atoms. The van der Waals surface area contributed by atoms with Crippen LogP contribution in [0.25, 0.3) is 5.52 Å². The Morgan fingerprint density at radius 3 is 2.63 bits per heavy atom. The van der Waals surface area contributed by atoms with Gasteiger partial charge in [-0.3, -0.25) is 4.79 Å². The van der Waals surface area contributed by atoms with E-state index >= 15 is 4.39 Å². The molecular formula is C33H37F4N5O4. The van der Waals surface area contributed by atoms with Crippen molar-refractivity contribution in [3.63, 3.8) is 0 Å². The van der Waals surface area contributed by atoms with Gasteiger partial charge in [0.25, 0.3) is 5.91 Å². The zero-order valence-corrected chi connectivity index (χ0v) is 26.1. The minimum absolute atomic E-state index is 0.0330. The Labute approximate surface area is 264 Å². The average Bonchev–Trinajstić information content (AvgIpc) is 3.60. The number of hydrogen-bond donors (Lipinski definition) is 3. The van der Waals surface area contributed by atoms with E-state index < -0.39 is 36.5 Å². The van der Waals surface area contributed by atoms with Crippen LogP contribution in [0, 0.1) is 11.8 Å². The molecular weight excluding hydrogens is 606 g/mol. The van der Waals surface area contributed by atoms with Gasteiger partial charge < -0.3 is 34.7 Å². The molecule has 0 unspecified atom stereocenters. The summed E-state index contributed by atoms with van der Waals surface area (Å²) in [6.07, 6.45) is -5.31. The van der Waals surface area contributed by atoms with Crippen LogP contribution in [-0.2, 0) is 17.6 Å². The van der Waals surface area contributed by atoms with Gasteiger partial charge in [0.2, 0.25) is 0 Å². The van der Waals surface area contributed by atoms with Gasteiger partial charge in [-0.05, 0) is 57.5 Å². The van der Waals surface area contributed by atoms with Gasteiger partial charge >= 0.3 is 12.3 Å². The third-order valence-corrected chi connectivity index (χ3v) is 7.74. The number of rotatable bonds is 6. The van der Waals surface area contributed by atoms with Gasteiger partial charge in [0.1, 0.15) is 17.5 Å². The van der Waals surface area contributed by atoms with Crippen molar-refractivity contribution >= 4 is 28.9 Å². The summed E-state index contributed by atoms with van der Waals surface area (Å²) in [6, 6.07) is 7.59. The second kappa shape index (κ2) is 13.0. The third-order valence-electron chi connectivity index (χ3n) is 7.74. The van der Waals surface area contributed by atoms with Crippen LogP contribution in [0.2, 0.25) is 0 Å². The van der Waals surface area contributed by atoms with Crippen molar-refractivity contribution in [2.75, 3.05) is 43.9 Å². The maximum atomic E-state index is 15.3. The van der Waals surface area contributed by atoms with Crippen LogP contribution < -0.4 is 20.7 Å². The minimum Gasteiger partial charge on any atom is -0.491 e. The Bertz CT molecular complexity index is 1690. The number of halogens is 4. The van der Waals surface area contributed by atoms with Gasteiger partial charge in [-0.15, -0.1) is 0 Å². The average molecular weight is 644 g/mol. The standard InChI is InChI=1S/C33H37F4N5O4/c1-32(2,3)46-31(44)41-15-11-24(23(34)19-41)40-25-8-6-14-42-27(25)17-20(28(42)18-33(35,36)37)7-5-13-39-26-10-9-22(30(43)38-4)21-12-16-45-29(21)26/h6,8-10,14,17,23-24,39-40H,11-13,15-16,18-19H2,1-4H3,(H,38,43)/t23-,24+/m0/s1. The number of hydrogen-bond acceptors (Lipinski definition) is 6. The van der Waals surface area contributed by atoms with Crippen LogP contribution >= 0.6 is 0 Å². The van der Waals surface area contributed by atoms with Crippen LogP contribution in [0.15, 0.2) is 36.5 Å². The first-order valence-electron chi connectivity index (χ1n) is 15.1. The molecule has 13 heteroatoms. The topological polar surface area (TPSA) is 96.3 Å². The number of benzene rings is 1. The summed E-state index contributed by atoms with van der Waals surface area (Å²) in [6.45, 7) is 5.86. The summed E-state index contributed by atoms with van der Waals surface area (Å²) in [5, 5.41) is 8.91. The van der Waals surface area contributed by atoms with Crippen LogP contribution in [0.5, 0.6) is 5.75 Å². The van der Waals surface area contributed by atoms with E-state index in [0.717, 1.165) is 5.56 Å². The van der Waals surface area contributed by atoms with Crippen LogP contribution in [0.1, 0.15) is 54.4 Å². The fourth-order valence-electron chi connectivity index (χ4n) is 5.67. The van der Waals surface area contributed by atoms with Gasteiger partial charge in [0, 0.05) is 48.6 Å². The number of nitrogens with one attached hydrogen (secondary N) is 3. The normalized spacial score (nSPS) is 17.9. The molecule has 46 heavy (non-hydrogen) atoms. The van der Waals surface area contributed by atoms with Gasteiger partial charge in [-0.25, -0.2) is 9.18 Å². The van der Waals surface area contributed by atoms with E-state index in [-0.39, 0.29) is 43.2 Å². The number of ether oxygens (including phenoxy) is 2. The van der Waals surface area contributed by atoms with E-state index in [1.165, 1.54) is 15.5 Å². The molecule has 4 heterocycles. The van der Waals surface area contributed by atoms with Crippen molar-refractivity contribution in [2.45, 2.75) is 64.0 Å². The van der Waals surface area contributed by atoms with Gasteiger partial charge in [-0.1, -0.05) is 11.8 Å². The maximum absolute atomic E-state index is 15.3. The second-order valence-electron chi connectivity index (χ2n) is 12.3. The van der Waals surface area contributed by atoms with E-state index in [1.54, 1.807) is 58.2 Å². The number of amides is 2. The molecule has 0 radical (unpaired) electrons. The van der Waals surface area contributed by atoms with Gasteiger partial charge in [0.15, 0.2) is 0 Å². The second-order valence-corrected chi connectivity index (χ2v) is 12.3. The highest BCUT2D eigenvalue weighted by atomic mass is 19.4. The molecule has 3 N–H and O–H groups in total. The summed E-state index contributed by atoms with van der Waals surface area (Å²) in [5.41, 5.74) is 2.29. The number of carbonyl (C=O) groups excluding carboxylic acids is 2. The lowest BCUT2D eigenvalue weighted by Crippen LogP contribution is -2.51. The highest BCUT2D eigenvalue weighted by Gasteiger charge is 2.35. The van der Waals surface area contributed by atoms with E-state index in [1.807, 2.05) is 0 Å². The molecule has 2 aromatic heterocycles. The van der Waals surface area contributed by atoms with Crippen LogP contribution in [0.3, 0.4) is 0 Å². The first kappa shape index (κ1) is 32.8. The number of fused-ring (bicyclic) bond motifs is 2. The lowest BCUT2D eigenvalue weighted by molar-refractivity contribution is -0.128. The van der Waals surface area contributed by atoms with Gasteiger partial charge in [0.05, 0.1) is 49.1 Å². The number of pyridine rings is 1. The maximum Gasteiger partial charge on any atom is 0.410 e. The highest BCUT2D eigenvalue weighted by Crippen LogP contribution is 2.36. The van der Waals surface area contributed by atoms with Crippen molar-refractivity contribution in [3.8, 4) is 17.6 Å². The summed E-state index contributed by atoms with van der Waals surface area (Å²) in [7, 11) is 1.55. The summed E-state index contributed by atoms with van der Waals surface area (Å²) in [4.78, 5) is 26.0. The SMILES string of the molecule is CNC(=O)c1ccc(NCC#Cc2cc3c(N[C@@H]4CCN(C(=O)OC(C)(C)C)C[C@@H]4F)cccn3c2CC(F)(F)F)c2c1CCO2. The van der Waals surface area contributed by atoms with E-state index in [2.05, 4.69) is 27.8 Å². The van der Waals surface area contributed by atoms with Crippen molar-refractivity contribution in [1.29, 1.82) is 0 Å². The zero-order chi connectivity index (χ0) is 33.2. The molecule has 5 rings (SSSR count). The fraction of sp³-hybridized carbons (Fsp3) is 0.455. The van der Waals surface area contributed by atoms with E-state index in [0.29, 0.717) is 41.2 Å². The minimum atomic E-state index is -4.49. The fourth-order valence-corrected chi connectivity index (χ4v) is 5.67. The molecule has 2 aliphatic heterocycles. The smallest absolute Gasteiger partial charge is 0.410 e.